The normalized spacial score (nSPS) is 12.6. The zero-order valence-electron chi connectivity index (χ0n) is 4.17. The molecule has 0 saturated carbocycles. The van der Waals surface area contributed by atoms with Crippen molar-refractivity contribution in [1.82, 2.24) is 0 Å². The smallest absolute Gasteiger partial charge is 0.195 e. The molecule has 0 rings (SSSR count). The van der Waals surface area contributed by atoms with Crippen LogP contribution in [0.2, 0.25) is 0 Å². The third-order valence-electron chi connectivity index (χ3n) is 0.440. The molecular weight excluding hydrogens is 116 g/mol. The molecule has 0 fully saturated rings. The number of rotatable bonds is 1. The number of hydrogen-bond acceptors (Lipinski definition) is 2. The summed E-state index contributed by atoms with van der Waals surface area (Å²) in [5.74, 6) is 0. The van der Waals surface area contributed by atoms with Gasteiger partial charge in [-0.05, 0) is 13.8 Å². The second-order valence-corrected chi connectivity index (χ2v) is 3.30. The van der Waals surface area contributed by atoms with Crippen molar-refractivity contribution in [2.24, 2.45) is 0 Å². The molecule has 43 valence electrons. The summed E-state index contributed by atoms with van der Waals surface area (Å²) in [5.41, 5.74) is 0. The van der Waals surface area contributed by atoms with Crippen LogP contribution in [-0.2, 0) is 15.8 Å². The minimum absolute atomic E-state index is 1.11. The van der Waals surface area contributed by atoms with E-state index in [1.54, 1.807) is 0 Å². The van der Waals surface area contributed by atoms with Crippen LogP contribution in [0.5, 0.6) is 0 Å². The molecule has 7 heavy (non-hydrogen) atoms. The highest BCUT2D eigenvalue weighted by atomic mass is 32.2. The second kappa shape index (κ2) is 1.79. The third kappa shape index (κ3) is 2.59. The van der Waals surface area contributed by atoms with Crippen LogP contribution in [-0.4, -0.2) is 13.4 Å². The first-order valence-electron chi connectivity index (χ1n) is 1.79. The van der Waals surface area contributed by atoms with Gasteiger partial charge in [-0.3, -0.25) is 0 Å². The van der Waals surface area contributed by atoms with E-state index in [1.807, 2.05) is 0 Å². The predicted molar refractivity (Wildman–Crippen MR) is 25.1 cm³/mol. The van der Waals surface area contributed by atoms with Crippen molar-refractivity contribution in [2.75, 3.05) is 0 Å². The summed E-state index contributed by atoms with van der Waals surface area (Å²) in [6.07, 6.45) is 0. The lowest BCUT2D eigenvalue weighted by atomic mass is 10.5. The van der Waals surface area contributed by atoms with Crippen molar-refractivity contribution in [3.63, 3.8) is 0 Å². The SMILES string of the molecule is CC(C)([O])[SH](=O)=O. The highest BCUT2D eigenvalue weighted by Crippen LogP contribution is 1.99. The molecule has 0 aliphatic carbocycles. The Kier molecular flexibility index (Phi) is 1.77. The molecule has 3 nitrogen and oxygen atoms in total. The van der Waals surface area contributed by atoms with E-state index in [-0.39, 0.29) is 0 Å². The second-order valence-electron chi connectivity index (χ2n) is 1.70. The molecule has 0 aromatic heterocycles. The molecule has 0 spiro atoms. The molecule has 0 aromatic carbocycles. The van der Waals surface area contributed by atoms with Crippen LogP contribution >= 0.6 is 0 Å². The van der Waals surface area contributed by atoms with E-state index in [0.717, 1.165) is 13.8 Å². The van der Waals surface area contributed by atoms with Crippen molar-refractivity contribution in [1.29, 1.82) is 0 Å². The van der Waals surface area contributed by atoms with E-state index in [4.69, 9.17) is 0 Å². The van der Waals surface area contributed by atoms with Crippen molar-refractivity contribution in [2.45, 2.75) is 18.8 Å². The summed E-state index contributed by atoms with van der Waals surface area (Å²) in [6.45, 7) is 2.22. The lowest BCUT2D eigenvalue weighted by molar-refractivity contribution is 0.0821. The van der Waals surface area contributed by atoms with Crippen LogP contribution in [0.25, 0.3) is 0 Å². The van der Waals surface area contributed by atoms with Crippen LogP contribution in [0.1, 0.15) is 13.8 Å². The summed E-state index contributed by atoms with van der Waals surface area (Å²) in [7, 11) is -2.80. The van der Waals surface area contributed by atoms with E-state index in [1.165, 1.54) is 0 Å². The predicted octanol–water partition coefficient (Wildman–Crippen LogP) is -0.236. The van der Waals surface area contributed by atoms with Gasteiger partial charge in [0, 0.05) is 0 Å². The summed E-state index contributed by atoms with van der Waals surface area (Å²) in [4.78, 5) is -1.80. The Morgan fingerprint density at radius 3 is 1.43 bits per heavy atom. The van der Waals surface area contributed by atoms with Gasteiger partial charge in [0.1, 0.15) is 0 Å². The molecule has 0 atom stereocenters. The Bertz CT molecular complexity index is 111. The lowest BCUT2D eigenvalue weighted by Gasteiger charge is -2.00. The van der Waals surface area contributed by atoms with Crippen LogP contribution < -0.4 is 0 Å². The van der Waals surface area contributed by atoms with Gasteiger partial charge in [0.2, 0.25) is 0 Å². The molecule has 0 saturated heterocycles. The quantitative estimate of drug-likeness (QED) is 0.489. The number of hydrogen-bond donors (Lipinski definition) is 1. The van der Waals surface area contributed by atoms with Crippen molar-refractivity contribution in [3.05, 3.63) is 0 Å². The van der Waals surface area contributed by atoms with Crippen LogP contribution in [0.3, 0.4) is 0 Å². The van der Waals surface area contributed by atoms with Gasteiger partial charge in [0.25, 0.3) is 0 Å². The first kappa shape index (κ1) is 6.91. The third-order valence-corrected chi connectivity index (χ3v) is 1.32. The molecule has 0 amide bonds. The number of thiol groups is 1. The molecule has 4 heteroatoms. The monoisotopic (exact) mass is 123 g/mol. The minimum atomic E-state index is -2.80. The Labute approximate surface area is 43.9 Å². The lowest BCUT2D eigenvalue weighted by Crippen LogP contribution is -2.17. The van der Waals surface area contributed by atoms with E-state index >= 15 is 0 Å². The maximum atomic E-state index is 10.2. The van der Waals surface area contributed by atoms with Gasteiger partial charge in [0.15, 0.2) is 15.6 Å². The van der Waals surface area contributed by atoms with Crippen molar-refractivity contribution < 1.29 is 13.5 Å². The molecule has 0 aromatic rings. The van der Waals surface area contributed by atoms with Gasteiger partial charge < -0.3 is 0 Å². The largest absolute Gasteiger partial charge is 0.229 e. The molecular formula is C3H7O3S. The zero-order valence-corrected chi connectivity index (χ0v) is 5.07. The van der Waals surface area contributed by atoms with E-state index in [2.05, 4.69) is 0 Å². The molecule has 0 N–H and O–H groups in total. The molecule has 0 bridgehead atoms. The van der Waals surface area contributed by atoms with Gasteiger partial charge in [-0.2, -0.15) is 0 Å². The molecule has 0 aliphatic heterocycles. The maximum Gasteiger partial charge on any atom is 0.195 e. The van der Waals surface area contributed by atoms with Gasteiger partial charge in [-0.25, -0.2) is 13.5 Å². The van der Waals surface area contributed by atoms with Gasteiger partial charge in [-0.15, -0.1) is 0 Å². The average molecular weight is 123 g/mol. The summed E-state index contributed by atoms with van der Waals surface area (Å²) >= 11 is 0. The highest BCUT2D eigenvalue weighted by Gasteiger charge is 2.17. The van der Waals surface area contributed by atoms with Crippen molar-refractivity contribution in [3.8, 4) is 0 Å². The van der Waals surface area contributed by atoms with E-state index in [0.29, 0.717) is 0 Å². The Balaban J connectivity index is 4.08. The molecule has 0 heterocycles. The molecule has 1 radical (unpaired) electrons. The Morgan fingerprint density at radius 1 is 1.29 bits per heavy atom. The Morgan fingerprint density at radius 2 is 1.43 bits per heavy atom. The highest BCUT2D eigenvalue weighted by molar-refractivity contribution is 7.73. The standard InChI is InChI=1S/C3H7O3S/c1-3(2,4)7(5)6/h7H,1-2H3. The maximum absolute atomic E-state index is 10.2. The summed E-state index contributed by atoms with van der Waals surface area (Å²) in [5, 5.41) is 10.2. The minimum Gasteiger partial charge on any atom is -0.229 e. The topological polar surface area (TPSA) is 54.0 Å². The first-order chi connectivity index (χ1) is 2.94. The summed E-state index contributed by atoms with van der Waals surface area (Å²) < 4.78 is 19.5. The molecule has 0 unspecified atom stereocenters. The average Bonchev–Trinajstić information content (AvgIpc) is 1.31. The van der Waals surface area contributed by atoms with E-state index < -0.39 is 15.6 Å². The molecule has 0 aliphatic rings. The fourth-order valence-electron chi connectivity index (χ4n) is 0. The van der Waals surface area contributed by atoms with Crippen LogP contribution in [0, 0.1) is 0 Å². The van der Waals surface area contributed by atoms with Gasteiger partial charge in [0.05, 0.1) is 0 Å². The van der Waals surface area contributed by atoms with E-state index in [9.17, 15) is 13.5 Å². The fourth-order valence-corrected chi connectivity index (χ4v) is 0. The van der Waals surface area contributed by atoms with Gasteiger partial charge in [-0.1, -0.05) is 0 Å². The zero-order chi connectivity index (χ0) is 6.08. The Hall–Kier alpha value is -0.0900. The first-order valence-corrected chi connectivity index (χ1v) is 2.97. The van der Waals surface area contributed by atoms with Gasteiger partial charge >= 0.3 is 0 Å². The van der Waals surface area contributed by atoms with Crippen molar-refractivity contribution >= 4 is 10.7 Å². The van der Waals surface area contributed by atoms with Crippen LogP contribution in [0.4, 0.5) is 0 Å². The van der Waals surface area contributed by atoms with Crippen LogP contribution in [0.15, 0.2) is 0 Å². The fraction of sp³-hybridized carbons (Fsp3) is 1.00. The summed E-state index contributed by atoms with van der Waals surface area (Å²) in [6, 6.07) is 0.